The SMILES string of the molecule is CC(=O)N[C@H](Cc1ccc(F)cc1)C(=O)NC1CCN(C(=O)Nc2ccc(C)cc2)CC1. The highest BCUT2D eigenvalue weighted by Gasteiger charge is 2.27. The highest BCUT2D eigenvalue weighted by Crippen LogP contribution is 2.15. The van der Waals surface area contributed by atoms with Gasteiger partial charge in [0, 0.05) is 38.2 Å². The summed E-state index contributed by atoms with van der Waals surface area (Å²) in [4.78, 5) is 38.6. The van der Waals surface area contributed by atoms with Crippen LogP contribution in [0.25, 0.3) is 0 Å². The molecule has 1 heterocycles. The van der Waals surface area contributed by atoms with Crippen LogP contribution in [0.1, 0.15) is 30.9 Å². The number of rotatable bonds is 6. The van der Waals surface area contributed by atoms with E-state index in [0.717, 1.165) is 16.8 Å². The molecule has 7 nitrogen and oxygen atoms in total. The molecule has 1 aliphatic rings. The summed E-state index contributed by atoms with van der Waals surface area (Å²) in [6.45, 7) is 4.38. The summed E-state index contributed by atoms with van der Waals surface area (Å²) in [6.07, 6.45) is 1.51. The van der Waals surface area contributed by atoms with Gasteiger partial charge >= 0.3 is 6.03 Å². The zero-order valence-corrected chi connectivity index (χ0v) is 18.4. The number of likely N-dealkylation sites (tertiary alicyclic amines) is 1. The second-order valence-electron chi connectivity index (χ2n) is 8.15. The number of aryl methyl sites for hydroxylation is 1. The fourth-order valence-electron chi connectivity index (χ4n) is 3.68. The summed E-state index contributed by atoms with van der Waals surface area (Å²) in [5.74, 6) is -0.950. The Labute approximate surface area is 187 Å². The first kappa shape index (κ1) is 23.2. The molecule has 1 saturated heterocycles. The Balaban J connectivity index is 1.50. The van der Waals surface area contributed by atoms with Crippen LogP contribution in [0.4, 0.5) is 14.9 Å². The molecule has 0 unspecified atom stereocenters. The van der Waals surface area contributed by atoms with E-state index in [0.29, 0.717) is 25.9 Å². The molecule has 0 aromatic heterocycles. The van der Waals surface area contributed by atoms with Gasteiger partial charge in [0.25, 0.3) is 0 Å². The first-order valence-corrected chi connectivity index (χ1v) is 10.7. The smallest absolute Gasteiger partial charge is 0.321 e. The Kier molecular flexibility index (Phi) is 7.81. The predicted octanol–water partition coefficient (Wildman–Crippen LogP) is 2.99. The van der Waals surface area contributed by atoms with Crippen molar-refractivity contribution in [2.75, 3.05) is 18.4 Å². The first-order chi connectivity index (χ1) is 15.3. The number of amides is 4. The summed E-state index contributed by atoms with van der Waals surface area (Å²) < 4.78 is 13.1. The number of benzene rings is 2. The lowest BCUT2D eigenvalue weighted by atomic mass is 10.0. The third-order valence-electron chi connectivity index (χ3n) is 5.48. The second-order valence-corrected chi connectivity index (χ2v) is 8.15. The fourth-order valence-corrected chi connectivity index (χ4v) is 3.68. The molecule has 32 heavy (non-hydrogen) atoms. The van der Waals surface area contributed by atoms with Gasteiger partial charge in [-0.3, -0.25) is 9.59 Å². The Morgan fingerprint density at radius 2 is 1.66 bits per heavy atom. The van der Waals surface area contributed by atoms with Crippen molar-refractivity contribution < 1.29 is 18.8 Å². The minimum atomic E-state index is -0.749. The van der Waals surface area contributed by atoms with Gasteiger partial charge in [0.15, 0.2) is 0 Å². The van der Waals surface area contributed by atoms with Crippen molar-refractivity contribution in [3.8, 4) is 0 Å². The van der Waals surface area contributed by atoms with Crippen LogP contribution >= 0.6 is 0 Å². The molecule has 0 saturated carbocycles. The summed E-state index contributed by atoms with van der Waals surface area (Å²) in [5, 5.41) is 8.55. The summed E-state index contributed by atoms with van der Waals surface area (Å²) in [7, 11) is 0. The molecule has 8 heteroatoms. The topological polar surface area (TPSA) is 90.5 Å². The van der Waals surface area contributed by atoms with E-state index in [9.17, 15) is 18.8 Å². The van der Waals surface area contributed by atoms with E-state index in [1.165, 1.54) is 19.1 Å². The fraction of sp³-hybridized carbons (Fsp3) is 0.375. The van der Waals surface area contributed by atoms with Crippen LogP contribution in [-0.2, 0) is 16.0 Å². The molecule has 3 rings (SSSR count). The third-order valence-corrected chi connectivity index (χ3v) is 5.48. The van der Waals surface area contributed by atoms with Gasteiger partial charge in [-0.2, -0.15) is 0 Å². The third kappa shape index (κ3) is 6.80. The van der Waals surface area contributed by atoms with Gasteiger partial charge < -0.3 is 20.9 Å². The van der Waals surface area contributed by atoms with Crippen LogP contribution in [0.15, 0.2) is 48.5 Å². The average molecular weight is 441 g/mol. The number of urea groups is 1. The highest BCUT2D eigenvalue weighted by molar-refractivity contribution is 5.89. The summed E-state index contributed by atoms with van der Waals surface area (Å²) in [5.41, 5.74) is 2.62. The van der Waals surface area contributed by atoms with Gasteiger partial charge in [-0.1, -0.05) is 29.8 Å². The van der Waals surface area contributed by atoms with E-state index in [1.807, 2.05) is 31.2 Å². The molecular weight excluding hydrogens is 411 g/mol. The minimum Gasteiger partial charge on any atom is -0.351 e. The molecule has 2 aromatic carbocycles. The summed E-state index contributed by atoms with van der Waals surface area (Å²) >= 11 is 0. The number of nitrogens with zero attached hydrogens (tertiary/aromatic N) is 1. The van der Waals surface area contributed by atoms with Gasteiger partial charge in [-0.15, -0.1) is 0 Å². The monoisotopic (exact) mass is 440 g/mol. The predicted molar refractivity (Wildman–Crippen MR) is 121 cm³/mol. The molecule has 2 aromatic rings. The van der Waals surface area contributed by atoms with Crippen LogP contribution in [0.2, 0.25) is 0 Å². The van der Waals surface area contributed by atoms with E-state index >= 15 is 0 Å². The molecule has 3 N–H and O–H groups in total. The average Bonchev–Trinajstić information content (AvgIpc) is 2.76. The molecule has 0 radical (unpaired) electrons. The lowest BCUT2D eigenvalue weighted by Crippen LogP contribution is -2.53. The van der Waals surface area contributed by atoms with Crippen LogP contribution < -0.4 is 16.0 Å². The maximum Gasteiger partial charge on any atom is 0.321 e. The number of anilines is 1. The Bertz CT molecular complexity index is 939. The minimum absolute atomic E-state index is 0.0876. The second kappa shape index (κ2) is 10.7. The Morgan fingerprint density at radius 3 is 2.25 bits per heavy atom. The van der Waals surface area contributed by atoms with E-state index in [4.69, 9.17) is 0 Å². The number of carbonyl (C=O) groups excluding carboxylic acids is 3. The zero-order valence-electron chi connectivity index (χ0n) is 18.4. The molecule has 0 bridgehead atoms. The van der Waals surface area contributed by atoms with Crippen molar-refractivity contribution in [1.29, 1.82) is 0 Å². The van der Waals surface area contributed by atoms with E-state index in [2.05, 4.69) is 16.0 Å². The van der Waals surface area contributed by atoms with Gasteiger partial charge in [0.2, 0.25) is 11.8 Å². The van der Waals surface area contributed by atoms with Crippen molar-refractivity contribution in [2.24, 2.45) is 0 Å². The standard InChI is InChI=1S/C24H29FN4O3/c1-16-3-9-20(10-4-16)28-24(32)29-13-11-21(12-14-29)27-23(31)22(26-17(2)30)15-18-5-7-19(25)8-6-18/h3-10,21-22H,11-15H2,1-2H3,(H,26,30)(H,27,31)(H,28,32)/t22-/m1/s1. The number of hydrogen-bond acceptors (Lipinski definition) is 3. The Morgan fingerprint density at radius 1 is 1.03 bits per heavy atom. The number of carbonyl (C=O) groups is 3. The van der Waals surface area contributed by atoms with Crippen molar-refractivity contribution >= 4 is 23.5 Å². The van der Waals surface area contributed by atoms with E-state index < -0.39 is 6.04 Å². The first-order valence-electron chi connectivity index (χ1n) is 10.7. The number of halogens is 1. The van der Waals surface area contributed by atoms with Crippen molar-refractivity contribution in [3.05, 3.63) is 65.5 Å². The molecule has 170 valence electrons. The van der Waals surface area contributed by atoms with E-state index in [1.54, 1.807) is 17.0 Å². The number of nitrogens with one attached hydrogen (secondary N) is 3. The van der Waals surface area contributed by atoms with Crippen LogP contribution in [0, 0.1) is 12.7 Å². The maximum absolute atomic E-state index is 13.1. The van der Waals surface area contributed by atoms with Gasteiger partial charge in [0.1, 0.15) is 11.9 Å². The quantitative estimate of drug-likeness (QED) is 0.645. The van der Waals surface area contributed by atoms with Gasteiger partial charge in [0.05, 0.1) is 0 Å². The molecule has 1 atom stereocenters. The van der Waals surface area contributed by atoms with Crippen molar-refractivity contribution in [2.45, 2.75) is 45.2 Å². The van der Waals surface area contributed by atoms with Crippen LogP contribution in [0.3, 0.4) is 0 Å². The Hall–Kier alpha value is -3.42. The largest absolute Gasteiger partial charge is 0.351 e. The van der Waals surface area contributed by atoms with Gasteiger partial charge in [-0.05, 0) is 49.6 Å². The van der Waals surface area contributed by atoms with Gasteiger partial charge in [-0.25, -0.2) is 9.18 Å². The molecule has 1 aliphatic heterocycles. The lowest BCUT2D eigenvalue weighted by Gasteiger charge is -2.33. The van der Waals surface area contributed by atoms with Crippen LogP contribution in [0.5, 0.6) is 0 Å². The lowest BCUT2D eigenvalue weighted by molar-refractivity contribution is -0.128. The van der Waals surface area contributed by atoms with Crippen molar-refractivity contribution in [3.63, 3.8) is 0 Å². The molecule has 1 fully saturated rings. The molecule has 0 spiro atoms. The molecule has 0 aliphatic carbocycles. The number of hydrogen-bond donors (Lipinski definition) is 3. The zero-order chi connectivity index (χ0) is 23.1. The molecule has 4 amide bonds. The normalized spacial score (nSPS) is 15.0. The highest BCUT2D eigenvalue weighted by atomic mass is 19.1. The summed E-state index contributed by atoms with van der Waals surface area (Å²) in [6, 6.07) is 12.5. The van der Waals surface area contributed by atoms with Crippen LogP contribution in [-0.4, -0.2) is 47.9 Å². The van der Waals surface area contributed by atoms with Crippen molar-refractivity contribution in [1.82, 2.24) is 15.5 Å². The molecular formula is C24H29FN4O3. The maximum atomic E-state index is 13.1. The number of piperidine rings is 1. The van der Waals surface area contributed by atoms with E-state index in [-0.39, 0.29) is 36.1 Å².